The van der Waals surface area contributed by atoms with Crippen LogP contribution >= 0.6 is 0 Å². The molecule has 3 nitrogen and oxygen atoms in total. The molecule has 0 atom stereocenters. The van der Waals surface area contributed by atoms with Gasteiger partial charge in [0.2, 0.25) is 0 Å². The monoisotopic (exact) mass is 662 g/mol. The Morgan fingerprint density at radius 2 is 0.981 bits per heavy atom. The van der Waals surface area contributed by atoms with Crippen LogP contribution in [0.25, 0.3) is 93.8 Å². The zero-order valence-corrected chi connectivity index (χ0v) is 28.5. The molecule has 2 heterocycles. The van der Waals surface area contributed by atoms with Crippen molar-refractivity contribution in [2.24, 2.45) is 0 Å². The van der Waals surface area contributed by atoms with Crippen molar-refractivity contribution >= 4 is 121 Å². The van der Waals surface area contributed by atoms with Crippen molar-refractivity contribution in [2.75, 3.05) is 0 Å². The highest BCUT2D eigenvalue weighted by Gasteiger charge is 2.25. The maximum Gasteiger partial charge on any atom is 0.146 e. The molecule has 0 saturated carbocycles. The van der Waals surface area contributed by atoms with Crippen LogP contribution in [0, 0.1) is 0 Å². The lowest BCUT2D eigenvalue weighted by Gasteiger charge is -2.24. The van der Waals surface area contributed by atoms with E-state index < -0.39 is 0 Å². The molecular weight excluding hydrogens is 639 g/mol. The van der Waals surface area contributed by atoms with Crippen LogP contribution in [0.4, 0.5) is 0 Å². The molecule has 0 saturated heterocycles. The zero-order chi connectivity index (χ0) is 36.0. The SMILES string of the molecule is [B]c1c([B])c([B])c(-n2c(-c3c4ccccc4c(-c4ccc5oc6ccccc6c5c4)c4cc(-c5ccccc5)ccc34)nc3ccccc32)c([B])c1[B]. The first-order valence-corrected chi connectivity index (χ1v) is 17.3. The van der Waals surface area contributed by atoms with E-state index in [0.29, 0.717) is 11.5 Å². The Morgan fingerprint density at radius 1 is 0.415 bits per heavy atom. The van der Waals surface area contributed by atoms with E-state index in [1.165, 1.54) is 0 Å². The van der Waals surface area contributed by atoms with Gasteiger partial charge in [-0.1, -0.05) is 114 Å². The number of furan rings is 1. The molecule has 10 radical (unpaired) electrons. The summed E-state index contributed by atoms with van der Waals surface area (Å²) >= 11 is 0. The van der Waals surface area contributed by atoms with Crippen molar-refractivity contribution in [3.8, 4) is 39.3 Å². The highest BCUT2D eigenvalue weighted by Crippen LogP contribution is 2.46. The van der Waals surface area contributed by atoms with Crippen LogP contribution in [0.2, 0.25) is 0 Å². The van der Waals surface area contributed by atoms with Gasteiger partial charge >= 0.3 is 0 Å². The normalized spacial score (nSPS) is 11.8. The molecule has 0 N–H and O–H groups in total. The van der Waals surface area contributed by atoms with Crippen LogP contribution in [0.3, 0.4) is 0 Å². The quantitative estimate of drug-likeness (QED) is 0.166. The molecule has 8 heteroatoms. The second-order valence-electron chi connectivity index (χ2n) is 13.4. The van der Waals surface area contributed by atoms with Crippen LogP contribution in [0.1, 0.15) is 0 Å². The Morgan fingerprint density at radius 3 is 1.75 bits per heavy atom. The molecular formula is C45H23B5N2O. The predicted molar refractivity (Wildman–Crippen MR) is 227 cm³/mol. The van der Waals surface area contributed by atoms with Gasteiger partial charge in [-0.05, 0) is 80.2 Å². The van der Waals surface area contributed by atoms with Gasteiger partial charge in [0.1, 0.15) is 56.2 Å². The summed E-state index contributed by atoms with van der Waals surface area (Å²) in [5, 5.41) is 6.26. The van der Waals surface area contributed by atoms with Gasteiger partial charge in [-0.25, -0.2) is 4.98 Å². The third-order valence-electron chi connectivity index (χ3n) is 10.5. The standard InChI is InChI=1S/C45H23B5N2O/c46-39-40(47)42(49)44(43(50)41(39)48)52-34-16-8-7-15-33(34)51-45(52)38-29-14-5-4-13-28(29)37(32-22-25(18-20-30(32)38)24-10-2-1-3-11-24)26-19-21-36-31(23-26)27-12-6-9-17-35(27)53-36/h1-23H. The average molecular weight is 662 g/mol. The van der Waals surface area contributed by atoms with Gasteiger partial charge in [0, 0.05) is 22.0 Å². The Labute approximate surface area is 312 Å². The maximum atomic E-state index is 6.77. The van der Waals surface area contributed by atoms with Crippen molar-refractivity contribution in [1.82, 2.24) is 9.55 Å². The number of para-hydroxylation sites is 3. The average Bonchev–Trinajstić information content (AvgIpc) is 3.77. The van der Waals surface area contributed by atoms with E-state index in [-0.39, 0.29) is 27.3 Å². The fourth-order valence-corrected chi connectivity index (χ4v) is 7.92. The first-order chi connectivity index (χ1) is 25.9. The molecule has 234 valence electrons. The molecule has 0 aliphatic rings. The lowest BCUT2D eigenvalue weighted by molar-refractivity contribution is 0.669. The molecule has 10 rings (SSSR count). The van der Waals surface area contributed by atoms with E-state index in [1.807, 2.05) is 53.1 Å². The molecule has 0 amide bonds. The number of imidazole rings is 1. The Kier molecular flexibility index (Phi) is 7.13. The fourth-order valence-electron chi connectivity index (χ4n) is 7.92. The number of fused-ring (bicyclic) bond motifs is 6. The van der Waals surface area contributed by atoms with Gasteiger partial charge in [-0.2, -0.15) is 0 Å². The van der Waals surface area contributed by atoms with Crippen molar-refractivity contribution < 1.29 is 4.42 Å². The van der Waals surface area contributed by atoms with Gasteiger partial charge in [0.25, 0.3) is 0 Å². The maximum absolute atomic E-state index is 6.77. The summed E-state index contributed by atoms with van der Waals surface area (Å²) in [6, 6.07) is 48.0. The first kappa shape index (κ1) is 31.6. The van der Waals surface area contributed by atoms with Crippen molar-refractivity contribution in [2.45, 2.75) is 0 Å². The minimum absolute atomic E-state index is 0.158. The molecule has 0 bridgehead atoms. The minimum atomic E-state index is 0.158. The molecule has 0 aliphatic heterocycles. The Bertz CT molecular complexity index is 3100. The van der Waals surface area contributed by atoms with E-state index in [9.17, 15) is 0 Å². The second-order valence-corrected chi connectivity index (χ2v) is 13.4. The number of aromatic nitrogens is 2. The van der Waals surface area contributed by atoms with Crippen molar-refractivity contribution in [1.29, 1.82) is 0 Å². The number of benzene rings is 8. The van der Waals surface area contributed by atoms with Crippen LogP contribution < -0.4 is 27.3 Å². The van der Waals surface area contributed by atoms with Gasteiger partial charge in [-0.3, -0.25) is 4.57 Å². The number of hydrogen-bond donors (Lipinski definition) is 0. The highest BCUT2D eigenvalue weighted by atomic mass is 16.3. The van der Waals surface area contributed by atoms with Crippen LogP contribution in [-0.2, 0) is 0 Å². The van der Waals surface area contributed by atoms with Gasteiger partial charge < -0.3 is 4.42 Å². The van der Waals surface area contributed by atoms with Gasteiger partial charge in [0.15, 0.2) is 0 Å². The lowest BCUT2D eigenvalue weighted by atomic mass is 9.61. The molecule has 53 heavy (non-hydrogen) atoms. The third kappa shape index (κ3) is 4.71. The van der Waals surface area contributed by atoms with Crippen LogP contribution in [0.15, 0.2) is 144 Å². The van der Waals surface area contributed by atoms with Crippen molar-refractivity contribution in [3.05, 3.63) is 140 Å². The second kappa shape index (κ2) is 12.0. The number of rotatable bonds is 4. The highest BCUT2D eigenvalue weighted by molar-refractivity contribution is 6.68. The molecule has 0 unspecified atom stereocenters. The fraction of sp³-hybridized carbons (Fsp3) is 0. The van der Waals surface area contributed by atoms with Crippen LogP contribution in [-0.4, -0.2) is 48.8 Å². The van der Waals surface area contributed by atoms with Crippen LogP contribution in [0.5, 0.6) is 0 Å². The summed E-state index contributed by atoms with van der Waals surface area (Å²) < 4.78 is 8.22. The summed E-state index contributed by atoms with van der Waals surface area (Å²) in [5.41, 5.74) is 9.98. The smallest absolute Gasteiger partial charge is 0.146 e. The Hall–Kier alpha value is -6.13. The zero-order valence-electron chi connectivity index (χ0n) is 28.5. The van der Waals surface area contributed by atoms with E-state index in [2.05, 4.69) is 91.0 Å². The first-order valence-electron chi connectivity index (χ1n) is 17.3. The topological polar surface area (TPSA) is 31.0 Å². The minimum Gasteiger partial charge on any atom is -0.456 e. The van der Waals surface area contributed by atoms with E-state index in [0.717, 1.165) is 82.3 Å². The molecule has 8 aromatic carbocycles. The molecule has 0 fully saturated rings. The number of hydrogen-bond acceptors (Lipinski definition) is 2. The largest absolute Gasteiger partial charge is 0.456 e. The summed E-state index contributed by atoms with van der Waals surface area (Å²) in [4.78, 5) is 5.30. The summed E-state index contributed by atoms with van der Waals surface area (Å²) in [7, 11) is 32.7. The lowest BCUT2D eigenvalue weighted by Crippen LogP contribution is -2.56. The van der Waals surface area contributed by atoms with E-state index >= 15 is 0 Å². The van der Waals surface area contributed by atoms with Crippen molar-refractivity contribution in [3.63, 3.8) is 0 Å². The molecule has 10 aromatic rings. The third-order valence-corrected chi connectivity index (χ3v) is 10.5. The van der Waals surface area contributed by atoms with Gasteiger partial charge in [-0.15, -0.1) is 16.4 Å². The predicted octanol–water partition coefficient (Wildman–Crippen LogP) is 6.20. The summed E-state index contributed by atoms with van der Waals surface area (Å²) in [6.07, 6.45) is 0. The molecule has 2 aromatic heterocycles. The summed E-state index contributed by atoms with van der Waals surface area (Å²) in [6.45, 7) is 0. The summed E-state index contributed by atoms with van der Waals surface area (Å²) in [5.74, 6) is 0.643. The van der Waals surface area contributed by atoms with E-state index in [1.54, 1.807) is 0 Å². The van der Waals surface area contributed by atoms with Gasteiger partial charge in [0.05, 0.1) is 11.0 Å². The molecule has 0 aliphatic carbocycles. The number of nitrogens with zero attached hydrogens (tertiary/aromatic N) is 2. The van der Waals surface area contributed by atoms with E-state index in [4.69, 9.17) is 48.6 Å². The molecule has 0 spiro atoms. The Balaban J connectivity index is 1.37.